The number of nitrogens with one attached hydrogen (secondary N) is 3. The Morgan fingerprint density at radius 3 is 2.68 bits per heavy atom. The van der Waals surface area contributed by atoms with Crippen molar-refractivity contribution in [3.05, 3.63) is 64.8 Å². The lowest BCUT2D eigenvalue weighted by atomic mass is 10.0. The van der Waals surface area contributed by atoms with Gasteiger partial charge in [-0.15, -0.1) is 0 Å². The van der Waals surface area contributed by atoms with Crippen LogP contribution in [-0.4, -0.2) is 19.9 Å². The first-order chi connectivity index (χ1) is 10.7. The van der Waals surface area contributed by atoms with Gasteiger partial charge in [0, 0.05) is 11.1 Å². The summed E-state index contributed by atoms with van der Waals surface area (Å²) >= 11 is 0. The molecule has 0 aliphatic carbocycles. The predicted octanol–water partition coefficient (Wildman–Crippen LogP) is 3.22. The van der Waals surface area contributed by atoms with E-state index in [1.807, 2.05) is 30.3 Å². The third-order valence-electron chi connectivity index (χ3n) is 3.74. The molecule has 0 fully saturated rings. The highest BCUT2D eigenvalue weighted by Gasteiger charge is 2.11. The van der Waals surface area contributed by atoms with Crippen molar-refractivity contribution in [3.8, 4) is 22.5 Å². The smallest absolute Gasteiger partial charge is 0.323 e. The van der Waals surface area contributed by atoms with Crippen molar-refractivity contribution < 1.29 is 0 Å². The Bertz CT molecular complexity index is 1020. The highest BCUT2D eigenvalue weighted by atomic mass is 16.1. The summed E-state index contributed by atoms with van der Waals surface area (Å²) in [6, 6.07) is 14.0. The molecule has 0 saturated carbocycles. The molecule has 0 aliphatic rings. The molecular formula is C17H14N4O. The molecule has 22 heavy (non-hydrogen) atoms. The number of aromatic amines is 3. The highest BCUT2D eigenvalue weighted by molar-refractivity contribution is 5.85. The fourth-order valence-electron chi connectivity index (χ4n) is 2.71. The van der Waals surface area contributed by atoms with Gasteiger partial charge in [0.05, 0.1) is 28.7 Å². The van der Waals surface area contributed by atoms with Crippen LogP contribution < -0.4 is 5.69 Å². The van der Waals surface area contributed by atoms with Crippen molar-refractivity contribution in [1.29, 1.82) is 0 Å². The zero-order valence-electron chi connectivity index (χ0n) is 12.0. The Kier molecular flexibility index (Phi) is 2.72. The van der Waals surface area contributed by atoms with E-state index in [1.165, 1.54) is 5.56 Å². The van der Waals surface area contributed by atoms with E-state index in [0.717, 1.165) is 33.5 Å². The third kappa shape index (κ3) is 2.03. The van der Waals surface area contributed by atoms with E-state index in [1.54, 1.807) is 6.33 Å². The van der Waals surface area contributed by atoms with E-state index in [-0.39, 0.29) is 5.69 Å². The van der Waals surface area contributed by atoms with Gasteiger partial charge in [0.2, 0.25) is 0 Å². The summed E-state index contributed by atoms with van der Waals surface area (Å²) in [5, 5.41) is 0. The first-order valence-electron chi connectivity index (χ1n) is 7.03. The summed E-state index contributed by atoms with van der Waals surface area (Å²) in [6.45, 7) is 2.06. The zero-order valence-corrected chi connectivity index (χ0v) is 12.0. The van der Waals surface area contributed by atoms with Crippen molar-refractivity contribution in [3.63, 3.8) is 0 Å². The number of aromatic nitrogens is 4. The standard InChI is InChI=1S/C17H14N4O/c1-10-3-2-4-11(7-10)15-16(19-9-18-15)12-5-6-13-14(8-12)21-17(22)20-13/h2-9H,1H3,(H,18,19)(H2,20,21,22). The summed E-state index contributed by atoms with van der Waals surface area (Å²) in [5.41, 5.74) is 6.47. The van der Waals surface area contributed by atoms with Crippen LogP contribution in [0.4, 0.5) is 0 Å². The molecule has 2 aromatic heterocycles. The average Bonchev–Trinajstić information content (AvgIpc) is 3.11. The van der Waals surface area contributed by atoms with E-state index in [9.17, 15) is 4.79 Å². The molecule has 2 aromatic carbocycles. The number of nitrogens with zero attached hydrogens (tertiary/aromatic N) is 1. The number of hydrogen-bond acceptors (Lipinski definition) is 2. The number of imidazole rings is 2. The van der Waals surface area contributed by atoms with Crippen molar-refractivity contribution in [2.45, 2.75) is 6.92 Å². The molecular weight excluding hydrogens is 276 g/mol. The van der Waals surface area contributed by atoms with Crippen molar-refractivity contribution in [2.24, 2.45) is 0 Å². The second-order valence-electron chi connectivity index (χ2n) is 5.34. The molecule has 5 nitrogen and oxygen atoms in total. The number of fused-ring (bicyclic) bond motifs is 1. The highest BCUT2D eigenvalue weighted by Crippen LogP contribution is 2.30. The third-order valence-corrected chi connectivity index (χ3v) is 3.74. The largest absolute Gasteiger partial charge is 0.344 e. The van der Waals surface area contributed by atoms with Gasteiger partial charge in [0.1, 0.15) is 0 Å². The van der Waals surface area contributed by atoms with Gasteiger partial charge in [0.15, 0.2) is 0 Å². The summed E-state index contributed by atoms with van der Waals surface area (Å²) in [4.78, 5) is 24.6. The molecule has 0 radical (unpaired) electrons. The molecule has 4 rings (SSSR count). The molecule has 0 aliphatic heterocycles. The van der Waals surface area contributed by atoms with Gasteiger partial charge in [-0.1, -0.05) is 29.8 Å². The fraction of sp³-hybridized carbons (Fsp3) is 0.0588. The Balaban J connectivity index is 1.88. The van der Waals surface area contributed by atoms with E-state index in [0.29, 0.717) is 0 Å². The number of benzene rings is 2. The quantitative estimate of drug-likeness (QED) is 0.530. The zero-order chi connectivity index (χ0) is 15.1. The number of H-pyrrole nitrogens is 3. The molecule has 0 atom stereocenters. The van der Waals surface area contributed by atoms with Gasteiger partial charge in [-0.3, -0.25) is 0 Å². The molecule has 0 unspecified atom stereocenters. The van der Waals surface area contributed by atoms with E-state index < -0.39 is 0 Å². The molecule has 5 heteroatoms. The molecule has 3 N–H and O–H groups in total. The van der Waals surface area contributed by atoms with Crippen LogP contribution in [0.5, 0.6) is 0 Å². The van der Waals surface area contributed by atoms with Crippen LogP contribution in [0.2, 0.25) is 0 Å². The topological polar surface area (TPSA) is 77.3 Å². The molecule has 4 aromatic rings. The minimum atomic E-state index is -0.198. The number of aryl methyl sites for hydroxylation is 1. The Morgan fingerprint density at radius 2 is 1.82 bits per heavy atom. The van der Waals surface area contributed by atoms with E-state index in [4.69, 9.17) is 0 Å². The van der Waals surface area contributed by atoms with E-state index >= 15 is 0 Å². The summed E-state index contributed by atoms with van der Waals surface area (Å²) < 4.78 is 0. The van der Waals surface area contributed by atoms with Crippen molar-refractivity contribution in [2.75, 3.05) is 0 Å². The first kappa shape index (κ1) is 12.6. The summed E-state index contributed by atoms with van der Waals surface area (Å²) in [7, 11) is 0. The minimum absolute atomic E-state index is 0.198. The predicted molar refractivity (Wildman–Crippen MR) is 86.7 cm³/mol. The fourth-order valence-corrected chi connectivity index (χ4v) is 2.71. The van der Waals surface area contributed by atoms with Crippen LogP contribution in [0.15, 0.2) is 53.6 Å². The molecule has 0 saturated heterocycles. The van der Waals surface area contributed by atoms with Crippen LogP contribution in [0.3, 0.4) is 0 Å². The van der Waals surface area contributed by atoms with Gasteiger partial charge >= 0.3 is 5.69 Å². The van der Waals surface area contributed by atoms with Gasteiger partial charge in [-0.2, -0.15) is 0 Å². The van der Waals surface area contributed by atoms with Gasteiger partial charge in [-0.25, -0.2) is 9.78 Å². The Labute approximate surface area is 126 Å². The lowest BCUT2D eigenvalue weighted by molar-refractivity contribution is 1.21. The molecule has 0 bridgehead atoms. The number of rotatable bonds is 2. The van der Waals surface area contributed by atoms with Crippen LogP contribution in [0.1, 0.15) is 5.56 Å². The summed E-state index contributed by atoms with van der Waals surface area (Å²) in [6.07, 6.45) is 1.69. The minimum Gasteiger partial charge on any atom is -0.344 e. The van der Waals surface area contributed by atoms with Crippen LogP contribution in [0.25, 0.3) is 33.5 Å². The van der Waals surface area contributed by atoms with E-state index in [2.05, 4.69) is 39.0 Å². The second-order valence-corrected chi connectivity index (χ2v) is 5.34. The maximum absolute atomic E-state index is 11.4. The van der Waals surface area contributed by atoms with Crippen molar-refractivity contribution in [1.82, 2.24) is 19.9 Å². The lowest BCUT2D eigenvalue weighted by Crippen LogP contribution is -1.99. The Hall–Kier alpha value is -3.08. The van der Waals surface area contributed by atoms with Crippen LogP contribution >= 0.6 is 0 Å². The van der Waals surface area contributed by atoms with Gasteiger partial charge in [0.25, 0.3) is 0 Å². The first-order valence-corrected chi connectivity index (χ1v) is 7.03. The molecule has 108 valence electrons. The summed E-state index contributed by atoms with van der Waals surface area (Å²) in [5.74, 6) is 0. The number of hydrogen-bond donors (Lipinski definition) is 3. The molecule has 0 spiro atoms. The normalized spacial score (nSPS) is 11.1. The maximum atomic E-state index is 11.4. The monoisotopic (exact) mass is 290 g/mol. The van der Waals surface area contributed by atoms with Crippen LogP contribution in [-0.2, 0) is 0 Å². The van der Waals surface area contributed by atoms with Gasteiger partial charge < -0.3 is 15.0 Å². The Morgan fingerprint density at radius 1 is 0.955 bits per heavy atom. The second kappa shape index (κ2) is 4.73. The van der Waals surface area contributed by atoms with Gasteiger partial charge in [-0.05, 0) is 25.1 Å². The maximum Gasteiger partial charge on any atom is 0.323 e. The van der Waals surface area contributed by atoms with Crippen LogP contribution in [0, 0.1) is 6.92 Å². The average molecular weight is 290 g/mol. The molecule has 0 amide bonds. The lowest BCUT2D eigenvalue weighted by Gasteiger charge is -2.04. The van der Waals surface area contributed by atoms with Crippen molar-refractivity contribution >= 4 is 11.0 Å². The SMILES string of the molecule is Cc1cccc(-c2nc[nH]c2-c2ccc3[nH]c(=O)[nH]c3c2)c1. The molecule has 2 heterocycles.